The number of aromatic amines is 1. The van der Waals surface area contributed by atoms with Gasteiger partial charge in [0, 0.05) is 33.7 Å². The van der Waals surface area contributed by atoms with E-state index in [2.05, 4.69) is 10.3 Å². The van der Waals surface area contributed by atoms with E-state index in [9.17, 15) is 9.59 Å². The monoisotopic (exact) mass is 477 g/mol. The Bertz CT molecular complexity index is 1370. The van der Waals surface area contributed by atoms with Crippen LogP contribution in [0.5, 0.6) is 11.5 Å². The number of H-pyrrole nitrogens is 1. The molecule has 7 nitrogen and oxygen atoms in total. The molecular formula is C26H24ClN3O4. The maximum absolute atomic E-state index is 13.3. The van der Waals surface area contributed by atoms with Crippen molar-refractivity contribution in [2.24, 2.45) is 0 Å². The third kappa shape index (κ3) is 5.32. The van der Waals surface area contributed by atoms with Gasteiger partial charge in [-0.05, 0) is 60.2 Å². The molecule has 0 aliphatic rings. The average Bonchev–Trinajstić information content (AvgIpc) is 2.85. The molecule has 1 heterocycles. The maximum atomic E-state index is 13.3. The van der Waals surface area contributed by atoms with Crippen molar-refractivity contribution in [3.63, 3.8) is 0 Å². The van der Waals surface area contributed by atoms with Crippen LogP contribution in [0.3, 0.4) is 0 Å². The van der Waals surface area contributed by atoms with E-state index in [1.165, 1.54) is 0 Å². The van der Waals surface area contributed by atoms with Gasteiger partial charge >= 0.3 is 6.03 Å². The van der Waals surface area contributed by atoms with Gasteiger partial charge in [0.05, 0.1) is 20.8 Å². The largest absolute Gasteiger partial charge is 0.497 e. The third-order valence-corrected chi connectivity index (χ3v) is 5.81. The zero-order valence-corrected chi connectivity index (χ0v) is 19.6. The molecule has 0 saturated heterocycles. The molecule has 0 fully saturated rings. The SMILES string of the molecule is COc1ccc(NC(=O)N(Cc2ccccc2Cl)Cc2cc3cc(OC)ccc3[nH]c2=O)cc1. The van der Waals surface area contributed by atoms with Gasteiger partial charge in [0.15, 0.2) is 0 Å². The molecule has 174 valence electrons. The summed E-state index contributed by atoms with van der Waals surface area (Å²) >= 11 is 6.36. The number of halogens is 1. The molecule has 0 bridgehead atoms. The first-order valence-electron chi connectivity index (χ1n) is 10.6. The zero-order chi connectivity index (χ0) is 24.1. The van der Waals surface area contributed by atoms with E-state index < -0.39 is 0 Å². The molecule has 0 spiro atoms. The van der Waals surface area contributed by atoms with Gasteiger partial charge in [-0.15, -0.1) is 0 Å². The molecular weight excluding hydrogens is 454 g/mol. The number of nitrogens with zero attached hydrogens (tertiary/aromatic N) is 1. The Morgan fingerprint density at radius 1 is 0.912 bits per heavy atom. The van der Waals surface area contributed by atoms with Crippen LogP contribution >= 0.6 is 11.6 Å². The fourth-order valence-electron chi connectivity index (χ4n) is 3.59. The Labute approximate surface area is 201 Å². The fraction of sp³-hybridized carbons (Fsp3) is 0.154. The Kier molecular flexibility index (Phi) is 7.04. The summed E-state index contributed by atoms with van der Waals surface area (Å²) in [6, 6.07) is 21.1. The fourth-order valence-corrected chi connectivity index (χ4v) is 3.78. The molecule has 4 rings (SSSR count). The van der Waals surface area contributed by atoms with Gasteiger partial charge < -0.3 is 24.7 Å². The van der Waals surface area contributed by atoms with E-state index in [1.807, 2.05) is 24.3 Å². The molecule has 0 radical (unpaired) electrons. The second kappa shape index (κ2) is 10.3. The molecule has 4 aromatic rings. The minimum atomic E-state index is -0.366. The van der Waals surface area contributed by atoms with Crippen LogP contribution in [-0.2, 0) is 13.1 Å². The number of nitrogens with one attached hydrogen (secondary N) is 2. The summed E-state index contributed by atoms with van der Waals surface area (Å²) < 4.78 is 10.5. The smallest absolute Gasteiger partial charge is 0.322 e. The van der Waals surface area contributed by atoms with E-state index in [-0.39, 0.29) is 24.7 Å². The summed E-state index contributed by atoms with van der Waals surface area (Å²) in [5, 5.41) is 4.24. The van der Waals surface area contributed by atoms with E-state index in [1.54, 1.807) is 67.7 Å². The van der Waals surface area contributed by atoms with Gasteiger partial charge in [0.2, 0.25) is 0 Å². The highest BCUT2D eigenvalue weighted by molar-refractivity contribution is 6.31. The molecule has 0 aliphatic heterocycles. The lowest BCUT2D eigenvalue weighted by atomic mass is 10.1. The lowest BCUT2D eigenvalue weighted by Gasteiger charge is -2.24. The number of ether oxygens (including phenoxy) is 2. The number of hydrogen-bond donors (Lipinski definition) is 2. The van der Waals surface area contributed by atoms with Crippen molar-refractivity contribution in [1.82, 2.24) is 9.88 Å². The van der Waals surface area contributed by atoms with Crippen LogP contribution in [-0.4, -0.2) is 30.1 Å². The number of pyridine rings is 1. The van der Waals surface area contributed by atoms with Crippen LogP contribution in [0.15, 0.2) is 77.6 Å². The summed E-state index contributed by atoms with van der Waals surface area (Å²) in [7, 11) is 3.16. The van der Waals surface area contributed by atoms with Crippen molar-refractivity contribution in [2.75, 3.05) is 19.5 Å². The Morgan fingerprint density at radius 2 is 1.59 bits per heavy atom. The van der Waals surface area contributed by atoms with Crippen molar-refractivity contribution < 1.29 is 14.3 Å². The number of aromatic nitrogens is 1. The molecule has 0 atom stereocenters. The van der Waals surface area contributed by atoms with Gasteiger partial charge in [0.25, 0.3) is 5.56 Å². The number of fused-ring (bicyclic) bond motifs is 1. The predicted molar refractivity (Wildman–Crippen MR) is 134 cm³/mol. The topological polar surface area (TPSA) is 83.7 Å². The van der Waals surface area contributed by atoms with E-state index in [4.69, 9.17) is 21.1 Å². The highest BCUT2D eigenvalue weighted by Crippen LogP contribution is 2.22. The van der Waals surface area contributed by atoms with Crippen molar-refractivity contribution in [3.8, 4) is 11.5 Å². The Hall–Kier alpha value is -3.97. The molecule has 2 amide bonds. The summed E-state index contributed by atoms with van der Waals surface area (Å²) in [5.74, 6) is 1.36. The van der Waals surface area contributed by atoms with Crippen molar-refractivity contribution in [2.45, 2.75) is 13.1 Å². The molecule has 34 heavy (non-hydrogen) atoms. The first kappa shape index (κ1) is 23.2. The lowest BCUT2D eigenvalue weighted by molar-refractivity contribution is 0.206. The number of carbonyl (C=O) groups is 1. The van der Waals surface area contributed by atoms with E-state index in [0.717, 1.165) is 10.9 Å². The molecule has 0 aliphatic carbocycles. The van der Waals surface area contributed by atoms with Crippen LogP contribution in [0, 0.1) is 0 Å². The normalized spacial score (nSPS) is 10.7. The van der Waals surface area contributed by atoms with Crippen LogP contribution in [0.25, 0.3) is 10.9 Å². The highest BCUT2D eigenvalue weighted by Gasteiger charge is 2.18. The van der Waals surface area contributed by atoms with Crippen LogP contribution in [0.4, 0.5) is 10.5 Å². The number of rotatable bonds is 7. The first-order chi connectivity index (χ1) is 16.5. The number of benzene rings is 3. The third-order valence-electron chi connectivity index (χ3n) is 5.44. The minimum absolute atomic E-state index is 0.0791. The van der Waals surface area contributed by atoms with Crippen LogP contribution in [0.1, 0.15) is 11.1 Å². The molecule has 1 aromatic heterocycles. The molecule has 0 saturated carbocycles. The highest BCUT2D eigenvalue weighted by atomic mass is 35.5. The zero-order valence-electron chi connectivity index (χ0n) is 18.8. The second-order valence-corrected chi connectivity index (χ2v) is 8.09. The number of hydrogen-bond acceptors (Lipinski definition) is 4. The van der Waals surface area contributed by atoms with Crippen molar-refractivity contribution in [1.29, 1.82) is 0 Å². The van der Waals surface area contributed by atoms with Gasteiger partial charge in [-0.3, -0.25) is 4.79 Å². The molecule has 3 aromatic carbocycles. The summed E-state index contributed by atoms with van der Waals surface area (Å²) in [6.45, 7) is 0.299. The predicted octanol–water partition coefficient (Wildman–Crippen LogP) is 5.43. The van der Waals surface area contributed by atoms with Crippen LogP contribution in [0.2, 0.25) is 5.02 Å². The standard InChI is InChI=1S/C26H24ClN3O4/c1-33-21-9-7-20(8-10-21)28-26(32)30(15-17-5-3-4-6-23(17)27)16-19-13-18-14-22(34-2)11-12-24(18)29-25(19)31/h3-14H,15-16H2,1-2H3,(H,28,32)(H,29,31). The van der Waals surface area contributed by atoms with Gasteiger partial charge in [-0.2, -0.15) is 0 Å². The maximum Gasteiger partial charge on any atom is 0.322 e. The van der Waals surface area contributed by atoms with Gasteiger partial charge in [-0.1, -0.05) is 29.8 Å². The molecule has 0 unspecified atom stereocenters. The number of anilines is 1. The van der Waals surface area contributed by atoms with Crippen LogP contribution < -0.4 is 20.3 Å². The first-order valence-corrected chi connectivity index (χ1v) is 11.0. The lowest BCUT2D eigenvalue weighted by Crippen LogP contribution is -2.35. The van der Waals surface area contributed by atoms with Crippen molar-refractivity contribution in [3.05, 3.63) is 99.3 Å². The summed E-state index contributed by atoms with van der Waals surface area (Å²) in [6.07, 6.45) is 0. The average molecular weight is 478 g/mol. The Morgan fingerprint density at radius 3 is 2.29 bits per heavy atom. The van der Waals surface area contributed by atoms with Crippen molar-refractivity contribution >= 4 is 34.2 Å². The van der Waals surface area contributed by atoms with E-state index >= 15 is 0 Å². The number of methoxy groups -OCH3 is 2. The number of carbonyl (C=O) groups excluding carboxylic acids is 1. The van der Waals surface area contributed by atoms with Gasteiger partial charge in [0.1, 0.15) is 11.5 Å². The van der Waals surface area contributed by atoms with E-state index in [0.29, 0.717) is 33.3 Å². The summed E-state index contributed by atoms with van der Waals surface area (Å²) in [4.78, 5) is 30.5. The number of amides is 2. The number of urea groups is 1. The molecule has 2 N–H and O–H groups in total. The Balaban J connectivity index is 1.65. The second-order valence-electron chi connectivity index (χ2n) is 7.68. The molecule has 8 heteroatoms. The van der Waals surface area contributed by atoms with Gasteiger partial charge in [-0.25, -0.2) is 4.79 Å². The minimum Gasteiger partial charge on any atom is -0.497 e. The quantitative estimate of drug-likeness (QED) is 0.371. The summed E-state index contributed by atoms with van der Waals surface area (Å²) in [5.41, 5.74) is 2.24.